The number of hydrogen-bond donors (Lipinski definition) is 2. The van der Waals surface area contributed by atoms with Gasteiger partial charge in [0.2, 0.25) is 5.82 Å². The summed E-state index contributed by atoms with van der Waals surface area (Å²) in [7, 11) is 0. The van der Waals surface area contributed by atoms with E-state index in [-0.39, 0.29) is 18.5 Å². The van der Waals surface area contributed by atoms with Crippen molar-refractivity contribution in [3.05, 3.63) is 29.1 Å². The Labute approximate surface area is 100.0 Å². The van der Waals surface area contributed by atoms with Gasteiger partial charge >= 0.3 is 0 Å². The highest BCUT2D eigenvalue weighted by Gasteiger charge is 2.30. The van der Waals surface area contributed by atoms with E-state index in [1.807, 2.05) is 0 Å². The second-order valence-electron chi connectivity index (χ2n) is 4.33. The van der Waals surface area contributed by atoms with Gasteiger partial charge in [-0.25, -0.2) is 22.0 Å². The van der Waals surface area contributed by atoms with E-state index in [4.69, 9.17) is 5.73 Å². The van der Waals surface area contributed by atoms with Crippen LogP contribution in [0.25, 0.3) is 0 Å². The van der Waals surface area contributed by atoms with Crippen molar-refractivity contribution in [1.29, 1.82) is 0 Å². The van der Waals surface area contributed by atoms with E-state index < -0.39 is 34.8 Å². The average molecular weight is 266 g/mol. The van der Waals surface area contributed by atoms with Crippen molar-refractivity contribution in [1.82, 2.24) is 0 Å². The van der Waals surface area contributed by atoms with Gasteiger partial charge < -0.3 is 11.1 Å². The van der Waals surface area contributed by atoms with E-state index >= 15 is 0 Å². The molecule has 0 amide bonds. The predicted octanol–water partition coefficient (Wildman–Crippen LogP) is 2.53. The van der Waals surface area contributed by atoms with Gasteiger partial charge in [0, 0.05) is 12.6 Å². The van der Waals surface area contributed by atoms with Crippen LogP contribution in [0.5, 0.6) is 0 Å². The van der Waals surface area contributed by atoms with Crippen molar-refractivity contribution in [3.63, 3.8) is 0 Å². The van der Waals surface area contributed by atoms with Gasteiger partial charge in [-0.1, -0.05) is 0 Å². The van der Waals surface area contributed by atoms with Crippen molar-refractivity contribution >= 4 is 5.69 Å². The summed E-state index contributed by atoms with van der Waals surface area (Å²) >= 11 is 0. The quantitative estimate of drug-likeness (QED) is 0.499. The fraction of sp³-hybridized carbons (Fsp3) is 0.455. The number of anilines is 1. The smallest absolute Gasteiger partial charge is 0.200 e. The summed E-state index contributed by atoms with van der Waals surface area (Å²) in [5.41, 5.74) is 4.64. The lowest BCUT2D eigenvalue weighted by molar-refractivity contribution is 0.381. The van der Waals surface area contributed by atoms with Gasteiger partial charge in [-0.15, -0.1) is 0 Å². The molecular weight excluding hydrogens is 255 g/mol. The molecule has 0 heterocycles. The van der Waals surface area contributed by atoms with Gasteiger partial charge in [-0.3, -0.25) is 0 Å². The molecule has 0 aromatic heterocycles. The maximum atomic E-state index is 13.2. The summed E-state index contributed by atoms with van der Waals surface area (Å²) in [6.45, 7) is -0.0387. The number of nitrogens with two attached hydrogens (primary N) is 1. The Morgan fingerprint density at radius 1 is 0.944 bits per heavy atom. The molecule has 0 radical (unpaired) electrons. The van der Waals surface area contributed by atoms with Crippen LogP contribution < -0.4 is 11.1 Å². The molecule has 0 bridgehead atoms. The molecule has 1 aliphatic rings. The first-order valence-electron chi connectivity index (χ1n) is 5.44. The third-order valence-corrected chi connectivity index (χ3v) is 2.95. The molecule has 2 nitrogen and oxygen atoms in total. The lowest BCUT2D eigenvalue weighted by atomic mass is 10.2. The minimum atomic E-state index is -2.16. The van der Waals surface area contributed by atoms with Crippen molar-refractivity contribution in [2.75, 3.05) is 11.9 Å². The maximum absolute atomic E-state index is 13.2. The Morgan fingerprint density at radius 3 is 1.83 bits per heavy atom. The van der Waals surface area contributed by atoms with E-state index in [0.717, 1.165) is 12.8 Å². The number of benzene rings is 1. The molecule has 7 heteroatoms. The summed E-state index contributed by atoms with van der Waals surface area (Å²) in [5, 5.41) is 2.19. The molecule has 0 spiro atoms. The highest BCUT2D eigenvalue weighted by Crippen LogP contribution is 2.32. The fourth-order valence-electron chi connectivity index (χ4n) is 1.67. The maximum Gasteiger partial charge on any atom is 0.200 e. The summed E-state index contributed by atoms with van der Waals surface area (Å²) in [4.78, 5) is 0. The lowest BCUT2D eigenvalue weighted by Crippen LogP contribution is -2.31. The van der Waals surface area contributed by atoms with E-state index in [2.05, 4.69) is 5.32 Å². The molecule has 3 N–H and O–H groups in total. The molecule has 1 aromatic carbocycles. The summed E-state index contributed by atoms with van der Waals surface area (Å²) in [5.74, 6) is -9.57. The van der Waals surface area contributed by atoms with Crippen LogP contribution in [-0.2, 0) is 0 Å². The number of halogens is 5. The van der Waals surface area contributed by atoms with Crippen LogP contribution in [0.4, 0.5) is 27.6 Å². The third kappa shape index (κ3) is 2.27. The average Bonchev–Trinajstić information content (AvgIpc) is 3.18. The minimum absolute atomic E-state index is 0.0387. The molecule has 1 aliphatic carbocycles. The van der Waals surface area contributed by atoms with E-state index in [1.54, 1.807) is 0 Å². The van der Waals surface area contributed by atoms with Gasteiger partial charge in [0.1, 0.15) is 5.69 Å². The zero-order chi connectivity index (χ0) is 13.4. The summed E-state index contributed by atoms with van der Waals surface area (Å²) in [6.07, 6.45) is 1.83. The topological polar surface area (TPSA) is 38.0 Å². The first kappa shape index (κ1) is 13.1. The molecular formula is C11H11F5N2. The number of rotatable bonds is 4. The molecule has 1 atom stereocenters. The second-order valence-corrected chi connectivity index (χ2v) is 4.33. The van der Waals surface area contributed by atoms with Gasteiger partial charge in [0.25, 0.3) is 0 Å². The van der Waals surface area contributed by atoms with Crippen LogP contribution in [0.1, 0.15) is 12.8 Å². The first-order chi connectivity index (χ1) is 8.43. The van der Waals surface area contributed by atoms with Crippen LogP contribution in [0.2, 0.25) is 0 Å². The van der Waals surface area contributed by atoms with Gasteiger partial charge in [0.15, 0.2) is 23.3 Å². The van der Waals surface area contributed by atoms with E-state index in [0.29, 0.717) is 0 Å². The first-order valence-corrected chi connectivity index (χ1v) is 5.44. The third-order valence-electron chi connectivity index (χ3n) is 2.95. The molecule has 1 saturated carbocycles. The van der Waals surface area contributed by atoms with Crippen LogP contribution in [-0.4, -0.2) is 12.6 Å². The number of hydrogen-bond acceptors (Lipinski definition) is 2. The molecule has 0 aliphatic heterocycles. The Morgan fingerprint density at radius 2 is 1.39 bits per heavy atom. The monoisotopic (exact) mass is 266 g/mol. The molecule has 18 heavy (non-hydrogen) atoms. The standard InChI is InChI=1S/C11H11F5N2/c12-6-7(13)9(15)11(10(16)8(6)14)18-3-5(17)4-1-2-4/h4-5,18H,1-3,17H2. The van der Waals surface area contributed by atoms with E-state index in [1.165, 1.54) is 0 Å². The van der Waals surface area contributed by atoms with Gasteiger partial charge in [-0.2, -0.15) is 0 Å². The van der Waals surface area contributed by atoms with Crippen LogP contribution in [0.15, 0.2) is 0 Å². The second kappa shape index (κ2) is 4.72. The highest BCUT2D eigenvalue weighted by molar-refractivity contribution is 5.47. The zero-order valence-electron chi connectivity index (χ0n) is 9.24. The molecule has 1 unspecified atom stereocenters. The minimum Gasteiger partial charge on any atom is -0.379 e. The van der Waals surface area contributed by atoms with Gasteiger partial charge in [-0.05, 0) is 18.8 Å². The molecule has 100 valence electrons. The van der Waals surface area contributed by atoms with Crippen LogP contribution >= 0.6 is 0 Å². The molecule has 1 fully saturated rings. The summed E-state index contributed by atoms with van der Waals surface area (Å²) < 4.78 is 65.0. The van der Waals surface area contributed by atoms with Crippen molar-refractivity contribution in [3.8, 4) is 0 Å². The predicted molar refractivity (Wildman–Crippen MR) is 55.4 cm³/mol. The Hall–Kier alpha value is -1.37. The van der Waals surface area contributed by atoms with Crippen LogP contribution in [0, 0.1) is 35.0 Å². The number of nitrogens with one attached hydrogen (secondary N) is 1. The van der Waals surface area contributed by atoms with Crippen molar-refractivity contribution in [2.45, 2.75) is 18.9 Å². The Bertz CT molecular complexity index is 444. The van der Waals surface area contributed by atoms with Crippen molar-refractivity contribution < 1.29 is 22.0 Å². The van der Waals surface area contributed by atoms with Crippen molar-refractivity contribution in [2.24, 2.45) is 11.7 Å². The normalized spacial score (nSPS) is 16.8. The Balaban J connectivity index is 2.21. The fourth-order valence-corrected chi connectivity index (χ4v) is 1.67. The molecule has 2 rings (SSSR count). The molecule has 0 saturated heterocycles. The largest absolute Gasteiger partial charge is 0.379 e. The van der Waals surface area contributed by atoms with Crippen LogP contribution in [0.3, 0.4) is 0 Å². The zero-order valence-corrected chi connectivity index (χ0v) is 9.24. The van der Waals surface area contributed by atoms with E-state index in [9.17, 15) is 22.0 Å². The SMILES string of the molecule is NC(CNc1c(F)c(F)c(F)c(F)c1F)C1CC1. The Kier molecular flexibility index (Phi) is 3.43. The lowest BCUT2D eigenvalue weighted by Gasteiger charge is -2.14. The summed E-state index contributed by atoms with van der Waals surface area (Å²) in [6, 6.07) is -0.361. The highest BCUT2D eigenvalue weighted by atomic mass is 19.2. The molecule has 1 aromatic rings. The van der Waals surface area contributed by atoms with Gasteiger partial charge in [0.05, 0.1) is 0 Å².